The molecule has 26 heavy (non-hydrogen) atoms. The summed E-state index contributed by atoms with van der Waals surface area (Å²) in [5.41, 5.74) is 1.62. The summed E-state index contributed by atoms with van der Waals surface area (Å²) in [5, 5.41) is 9.05. The van der Waals surface area contributed by atoms with Crippen LogP contribution < -0.4 is 4.74 Å². The van der Waals surface area contributed by atoms with E-state index in [2.05, 4.69) is 9.72 Å². The Bertz CT molecular complexity index is 955. The van der Waals surface area contributed by atoms with Crippen molar-refractivity contribution >= 4 is 5.97 Å². The van der Waals surface area contributed by atoms with E-state index in [1.165, 1.54) is 24.3 Å². The number of para-hydroxylation sites is 1. The molecule has 1 aromatic heterocycles. The van der Waals surface area contributed by atoms with Gasteiger partial charge in [0.1, 0.15) is 11.4 Å². The lowest BCUT2D eigenvalue weighted by Crippen LogP contribution is -2.17. The Morgan fingerprint density at radius 2 is 1.62 bits per heavy atom. The van der Waals surface area contributed by atoms with E-state index in [0.717, 1.165) is 0 Å². The van der Waals surface area contributed by atoms with E-state index < -0.39 is 12.3 Å². The van der Waals surface area contributed by atoms with Crippen LogP contribution in [0, 0.1) is 0 Å². The molecule has 4 nitrogen and oxygen atoms in total. The highest BCUT2D eigenvalue weighted by Gasteiger charge is 2.32. The van der Waals surface area contributed by atoms with E-state index in [-0.39, 0.29) is 17.0 Å². The number of pyridine rings is 1. The third kappa shape index (κ3) is 4.00. The van der Waals surface area contributed by atoms with Gasteiger partial charge in [0.05, 0.1) is 5.69 Å². The molecule has 7 heteroatoms. The topological polar surface area (TPSA) is 59.4 Å². The average molecular weight is 359 g/mol. The molecule has 0 aliphatic heterocycles. The maximum atomic E-state index is 12.6. The zero-order valence-electron chi connectivity index (χ0n) is 13.2. The maximum Gasteiger partial charge on any atom is 0.573 e. The predicted molar refractivity (Wildman–Crippen MR) is 88.8 cm³/mol. The van der Waals surface area contributed by atoms with Gasteiger partial charge in [-0.25, -0.2) is 9.78 Å². The zero-order valence-corrected chi connectivity index (χ0v) is 13.2. The van der Waals surface area contributed by atoms with Gasteiger partial charge in [-0.3, -0.25) is 0 Å². The van der Waals surface area contributed by atoms with E-state index in [1.807, 2.05) is 0 Å². The van der Waals surface area contributed by atoms with Crippen molar-refractivity contribution in [3.8, 4) is 28.1 Å². The van der Waals surface area contributed by atoms with Crippen LogP contribution in [-0.4, -0.2) is 22.4 Å². The van der Waals surface area contributed by atoms with Gasteiger partial charge in [0.15, 0.2) is 0 Å². The molecule has 132 valence electrons. The Labute approximate surface area is 146 Å². The van der Waals surface area contributed by atoms with Gasteiger partial charge < -0.3 is 9.84 Å². The number of halogens is 3. The second-order valence-electron chi connectivity index (χ2n) is 5.34. The molecule has 0 saturated carbocycles. The minimum Gasteiger partial charge on any atom is -0.477 e. The molecule has 0 unspecified atom stereocenters. The van der Waals surface area contributed by atoms with Crippen molar-refractivity contribution in [1.29, 1.82) is 0 Å². The predicted octanol–water partition coefficient (Wildman–Crippen LogP) is 5.01. The molecule has 0 spiro atoms. The summed E-state index contributed by atoms with van der Waals surface area (Å²) in [7, 11) is 0. The van der Waals surface area contributed by atoms with Gasteiger partial charge in [-0.05, 0) is 29.8 Å². The molecule has 1 heterocycles. The number of aromatic carboxylic acids is 1. The minimum absolute atomic E-state index is 0.117. The van der Waals surface area contributed by atoms with Gasteiger partial charge in [0, 0.05) is 11.1 Å². The molecule has 0 amide bonds. The smallest absolute Gasteiger partial charge is 0.477 e. The third-order valence-electron chi connectivity index (χ3n) is 3.55. The Kier molecular flexibility index (Phi) is 4.62. The molecule has 0 radical (unpaired) electrons. The number of hydrogen-bond donors (Lipinski definition) is 1. The third-order valence-corrected chi connectivity index (χ3v) is 3.55. The summed E-state index contributed by atoms with van der Waals surface area (Å²) in [5.74, 6) is -1.48. The first-order valence-corrected chi connectivity index (χ1v) is 7.49. The lowest BCUT2D eigenvalue weighted by atomic mass is 10.0. The van der Waals surface area contributed by atoms with Gasteiger partial charge in [-0.2, -0.15) is 0 Å². The number of ether oxygens (including phenoxy) is 1. The molecule has 0 atom stereocenters. The maximum absolute atomic E-state index is 12.6. The molecule has 0 bridgehead atoms. The monoisotopic (exact) mass is 359 g/mol. The number of rotatable bonds is 4. The van der Waals surface area contributed by atoms with Crippen molar-refractivity contribution in [3.05, 3.63) is 72.4 Å². The van der Waals surface area contributed by atoms with Crippen LogP contribution in [-0.2, 0) is 0 Å². The van der Waals surface area contributed by atoms with Gasteiger partial charge in [-0.15, -0.1) is 13.2 Å². The van der Waals surface area contributed by atoms with Crippen LogP contribution in [0.3, 0.4) is 0 Å². The standard InChI is InChI=1S/C19H12F3NO3/c20-19(21,22)26-17-10-2-1-7-14(17)12-5-3-6-13(11-12)15-8-4-9-16(23-15)18(24)25/h1-11H,(H,24,25). The first-order chi connectivity index (χ1) is 12.3. The van der Waals surface area contributed by atoms with Crippen molar-refractivity contribution in [2.75, 3.05) is 0 Å². The number of hydrogen-bond acceptors (Lipinski definition) is 3. The van der Waals surface area contributed by atoms with Crippen molar-refractivity contribution in [1.82, 2.24) is 4.98 Å². The summed E-state index contributed by atoms with van der Waals surface area (Å²) in [6.45, 7) is 0. The lowest BCUT2D eigenvalue weighted by Gasteiger charge is -2.14. The summed E-state index contributed by atoms with van der Waals surface area (Å²) >= 11 is 0. The molecule has 1 N–H and O–H groups in total. The number of carbonyl (C=O) groups is 1. The first-order valence-electron chi connectivity index (χ1n) is 7.49. The van der Waals surface area contributed by atoms with Crippen LogP contribution in [0.15, 0.2) is 66.7 Å². The number of carboxylic acids is 1. The summed E-state index contributed by atoms with van der Waals surface area (Å²) < 4.78 is 41.9. The number of nitrogens with zero attached hydrogens (tertiary/aromatic N) is 1. The van der Waals surface area contributed by atoms with Gasteiger partial charge in [-0.1, -0.05) is 42.5 Å². The molecule has 0 fully saturated rings. The second kappa shape index (κ2) is 6.87. The first kappa shape index (κ1) is 17.5. The van der Waals surface area contributed by atoms with Crippen molar-refractivity contribution in [3.63, 3.8) is 0 Å². The molecule has 0 aliphatic carbocycles. The SMILES string of the molecule is O=C(O)c1cccc(-c2cccc(-c3ccccc3OC(F)(F)F)c2)n1. The molecule has 3 rings (SSSR count). The van der Waals surface area contributed by atoms with E-state index in [4.69, 9.17) is 5.11 Å². The van der Waals surface area contributed by atoms with E-state index >= 15 is 0 Å². The van der Waals surface area contributed by atoms with Crippen LogP contribution >= 0.6 is 0 Å². The largest absolute Gasteiger partial charge is 0.573 e. The highest BCUT2D eigenvalue weighted by atomic mass is 19.4. The molecule has 0 aliphatic rings. The fourth-order valence-corrected chi connectivity index (χ4v) is 2.48. The Balaban J connectivity index is 2.04. The quantitative estimate of drug-likeness (QED) is 0.711. The van der Waals surface area contributed by atoms with Crippen LogP contribution in [0.2, 0.25) is 0 Å². The fourth-order valence-electron chi connectivity index (χ4n) is 2.48. The van der Waals surface area contributed by atoms with Crippen molar-refractivity contribution in [2.24, 2.45) is 0 Å². The second-order valence-corrected chi connectivity index (χ2v) is 5.34. The number of aromatic nitrogens is 1. The van der Waals surface area contributed by atoms with Gasteiger partial charge in [0.2, 0.25) is 0 Å². The summed E-state index contributed by atoms with van der Waals surface area (Å²) in [6, 6.07) is 17.0. The Morgan fingerprint density at radius 1 is 0.923 bits per heavy atom. The Hall–Kier alpha value is -3.35. The van der Waals surface area contributed by atoms with E-state index in [0.29, 0.717) is 16.8 Å². The summed E-state index contributed by atoms with van der Waals surface area (Å²) in [6.07, 6.45) is -4.80. The zero-order chi connectivity index (χ0) is 18.7. The number of alkyl halides is 3. The van der Waals surface area contributed by atoms with Crippen LogP contribution in [0.5, 0.6) is 5.75 Å². The van der Waals surface area contributed by atoms with Crippen molar-refractivity contribution < 1.29 is 27.8 Å². The van der Waals surface area contributed by atoms with E-state index in [1.54, 1.807) is 42.5 Å². The Morgan fingerprint density at radius 3 is 2.35 bits per heavy atom. The summed E-state index contributed by atoms with van der Waals surface area (Å²) in [4.78, 5) is 15.1. The average Bonchev–Trinajstić information content (AvgIpc) is 2.61. The number of benzene rings is 2. The molecular weight excluding hydrogens is 347 g/mol. The fraction of sp³-hybridized carbons (Fsp3) is 0.0526. The van der Waals surface area contributed by atoms with Crippen LogP contribution in [0.25, 0.3) is 22.4 Å². The molecular formula is C19H12F3NO3. The van der Waals surface area contributed by atoms with Gasteiger partial charge in [0.25, 0.3) is 0 Å². The number of carboxylic acid groups (broad SMARTS) is 1. The van der Waals surface area contributed by atoms with Crippen molar-refractivity contribution in [2.45, 2.75) is 6.36 Å². The van der Waals surface area contributed by atoms with Gasteiger partial charge >= 0.3 is 12.3 Å². The van der Waals surface area contributed by atoms with Crippen LogP contribution in [0.4, 0.5) is 13.2 Å². The minimum atomic E-state index is -4.80. The normalized spacial score (nSPS) is 11.2. The van der Waals surface area contributed by atoms with E-state index in [9.17, 15) is 18.0 Å². The lowest BCUT2D eigenvalue weighted by molar-refractivity contribution is -0.274. The molecule has 0 saturated heterocycles. The molecule has 3 aromatic rings. The molecule has 2 aromatic carbocycles. The highest BCUT2D eigenvalue weighted by molar-refractivity contribution is 5.86. The van der Waals surface area contributed by atoms with Crippen LogP contribution in [0.1, 0.15) is 10.5 Å². The highest BCUT2D eigenvalue weighted by Crippen LogP contribution is 2.35.